The van der Waals surface area contributed by atoms with Gasteiger partial charge in [0.2, 0.25) is 0 Å². The normalized spacial score (nSPS) is 10.9. The molecule has 3 nitrogen and oxygen atoms in total. The summed E-state index contributed by atoms with van der Waals surface area (Å²) in [6, 6.07) is -0.0738. The summed E-state index contributed by atoms with van der Waals surface area (Å²) in [5.74, 6) is 3.37. The minimum atomic E-state index is -0.0738. The Labute approximate surface area is 184 Å². The molecule has 0 aliphatic rings. The first-order valence-corrected chi connectivity index (χ1v) is 14.2. The topological polar surface area (TPSA) is 41.1 Å². The molecule has 0 bridgehead atoms. The van der Waals surface area contributed by atoms with E-state index in [0.717, 1.165) is 11.5 Å². The van der Waals surface area contributed by atoms with Gasteiger partial charge in [0.15, 0.2) is 0 Å². The highest BCUT2D eigenvalue weighted by atomic mass is 32.2. The van der Waals surface area contributed by atoms with Gasteiger partial charge in [-0.05, 0) is 31.0 Å². The summed E-state index contributed by atoms with van der Waals surface area (Å²) in [6.07, 6.45) is 22.9. The molecule has 2 N–H and O–H groups in total. The number of urea groups is 1. The van der Waals surface area contributed by atoms with E-state index in [1.165, 1.54) is 120 Å². The van der Waals surface area contributed by atoms with E-state index >= 15 is 0 Å². The van der Waals surface area contributed by atoms with Gasteiger partial charge in [0.1, 0.15) is 0 Å². The average Bonchev–Trinajstić information content (AvgIpc) is 2.69. The second-order valence-corrected chi connectivity index (χ2v) is 9.85. The van der Waals surface area contributed by atoms with Crippen molar-refractivity contribution in [1.82, 2.24) is 10.0 Å². The molecular formula is C23H48N2OS2. The van der Waals surface area contributed by atoms with Gasteiger partial charge < -0.3 is 5.32 Å². The molecule has 5 heteroatoms. The molecule has 0 aliphatic carbocycles. The highest BCUT2D eigenvalue weighted by Crippen LogP contribution is 2.14. The molecule has 0 aromatic carbocycles. The van der Waals surface area contributed by atoms with Crippen LogP contribution in [0.4, 0.5) is 4.79 Å². The molecule has 0 unspecified atom stereocenters. The van der Waals surface area contributed by atoms with Crippen LogP contribution in [-0.4, -0.2) is 29.8 Å². The van der Waals surface area contributed by atoms with Crippen molar-refractivity contribution >= 4 is 29.7 Å². The van der Waals surface area contributed by atoms with Gasteiger partial charge in [-0.2, -0.15) is 11.8 Å². The maximum Gasteiger partial charge on any atom is 0.324 e. The third kappa shape index (κ3) is 24.0. The van der Waals surface area contributed by atoms with Crippen LogP contribution < -0.4 is 10.0 Å². The molecule has 0 aliphatic heterocycles. The van der Waals surface area contributed by atoms with E-state index in [2.05, 4.69) is 17.0 Å². The Morgan fingerprint density at radius 2 is 1.07 bits per heavy atom. The minimum Gasteiger partial charge on any atom is -0.338 e. The quantitative estimate of drug-likeness (QED) is 0.135. The number of thioether (sulfide) groups is 1. The van der Waals surface area contributed by atoms with E-state index in [9.17, 15) is 4.79 Å². The van der Waals surface area contributed by atoms with Crippen LogP contribution in [-0.2, 0) is 0 Å². The van der Waals surface area contributed by atoms with Crippen LogP contribution in [0.3, 0.4) is 0 Å². The lowest BCUT2D eigenvalue weighted by molar-refractivity contribution is 0.247. The molecule has 0 heterocycles. The van der Waals surface area contributed by atoms with Gasteiger partial charge in [0.05, 0.1) is 0 Å². The third-order valence-electron chi connectivity index (χ3n) is 4.97. The van der Waals surface area contributed by atoms with Crippen molar-refractivity contribution in [2.75, 3.05) is 23.8 Å². The van der Waals surface area contributed by atoms with Crippen molar-refractivity contribution in [3.63, 3.8) is 0 Å². The lowest BCUT2D eigenvalue weighted by Gasteiger charge is -2.05. The van der Waals surface area contributed by atoms with Gasteiger partial charge in [-0.1, -0.05) is 103 Å². The van der Waals surface area contributed by atoms with E-state index in [1.807, 2.05) is 18.7 Å². The molecule has 168 valence electrons. The number of hydrogen-bond donors (Lipinski definition) is 2. The van der Waals surface area contributed by atoms with Gasteiger partial charge in [0, 0.05) is 18.1 Å². The first kappa shape index (κ1) is 28.0. The number of carbonyl (C=O) groups is 1. The molecule has 28 heavy (non-hydrogen) atoms. The molecule has 0 radical (unpaired) electrons. The lowest BCUT2D eigenvalue weighted by Crippen LogP contribution is -2.31. The predicted molar refractivity (Wildman–Crippen MR) is 132 cm³/mol. The summed E-state index contributed by atoms with van der Waals surface area (Å²) in [5.41, 5.74) is 0. The Hall–Kier alpha value is -0.0300. The van der Waals surface area contributed by atoms with Crippen LogP contribution in [0.25, 0.3) is 0 Å². The maximum atomic E-state index is 11.2. The molecule has 0 rings (SSSR count). The summed E-state index contributed by atoms with van der Waals surface area (Å²) in [5, 5.41) is 2.73. The first-order valence-electron chi connectivity index (χ1n) is 12.0. The summed E-state index contributed by atoms with van der Waals surface area (Å²) in [7, 11) is 0. The van der Waals surface area contributed by atoms with Crippen molar-refractivity contribution < 1.29 is 4.79 Å². The molecule has 0 aromatic heterocycles. The summed E-state index contributed by atoms with van der Waals surface area (Å²) < 4.78 is 2.80. The van der Waals surface area contributed by atoms with Crippen molar-refractivity contribution in [2.24, 2.45) is 0 Å². The van der Waals surface area contributed by atoms with E-state index in [-0.39, 0.29) is 6.03 Å². The van der Waals surface area contributed by atoms with Gasteiger partial charge in [-0.15, -0.1) is 0 Å². The van der Waals surface area contributed by atoms with E-state index in [0.29, 0.717) is 6.54 Å². The fraction of sp³-hybridized carbons (Fsp3) is 0.957. The lowest BCUT2D eigenvalue weighted by atomic mass is 10.0. The van der Waals surface area contributed by atoms with Gasteiger partial charge in [-0.3, -0.25) is 4.72 Å². The largest absolute Gasteiger partial charge is 0.338 e. The zero-order valence-corrected chi connectivity index (χ0v) is 20.5. The van der Waals surface area contributed by atoms with Gasteiger partial charge in [-0.25, -0.2) is 4.79 Å². The smallest absolute Gasteiger partial charge is 0.324 e. The van der Waals surface area contributed by atoms with Crippen molar-refractivity contribution in [2.45, 2.75) is 117 Å². The zero-order valence-electron chi connectivity index (χ0n) is 18.9. The van der Waals surface area contributed by atoms with Crippen LogP contribution in [0.15, 0.2) is 0 Å². The number of amides is 2. The second-order valence-electron chi connectivity index (χ2n) is 7.73. The Bertz CT molecular complexity index is 317. The Balaban J connectivity index is 3.02. The molecular weight excluding hydrogens is 384 g/mol. The fourth-order valence-electron chi connectivity index (χ4n) is 3.27. The number of nitrogens with one attached hydrogen (secondary N) is 2. The van der Waals surface area contributed by atoms with Crippen LogP contribution >= 0.6 is 23.7 Å². The highest BCUT2D eigenvalue weighted by molar-refractivity contribution is 8.02. The number of unbranched alkanes of at least 4 members (excludes halogenated alkanes) is 15. The molecule has 0 fully saturated rings. The van der Waals surface area contributed by atoms with Gasteiger partial charge >= 0.3 is 6.03 Å². The highest BCUT2D eigenvalue weighted by Gasteiger charge is 1.98. The second kappa shape index (κ2) is 25.0. The van der Waals surface area contributed by atoms with Crippen LogP contribution in [0.5, 0.6) is 0 Å². The standard InChI is InChI=1S/C23H48N2OS2/c1-3-5-6-7-8-9-10-11-12-13-14-15-16-17-18-19-20-27-21-22-28-25-23(26)24-4-2/h3-22H2,1-2H3,(H2,24,25,26). The Morgan fingerprint density at radius 1 is 0.607 bits per heavy atom. The zero-order chi connectivity index (χ0) is 20.5. The van der Waals surface area contributed by atoms with Gasteiger partial charge in [0.25, 0.3) is 0 Å². The van der Waals surface area contributed by atoms with Crippen LogP contribution in [0.2, 0.25) is 0 Å². The van der Waals surface area contributed by atoms with Crippen molar-refractivity contribution in [1.29, 1.82) is 0 Å². The number of carbonyl (C=O) groups excluding carboxylic acids is 1. The summed E-state index contributed by atoms with van der Waals surface area (Å²) in [6.45, 7) is 4.90. The molecule has 0 saturated carbocycles. The van der Waals surface area contributed by atoms with E-state index in [1.54, 1.807) is 0 Å². The summed E-state index contributed by atoms with van der Waals surface area (Å²) >= 11 is 3.52. The molecule has 0 aromatic rings. The fourth-order valence-corrected chi connectivity index (χ4v) is 4.99. The predicted octanol–water partition coefficient (Wildman–Crippen LogP) is 7.95. The maximum absolute atomic E-state index is 11.2. The number of hydrogen-bond acceptors (Lipinski definition) is 3. The average molecular weight is 433 g/mol. The summed E-state index contributed by atoms with van der Waals surface area (Å²) in [4.78, 5) is 11.2. The Kier molecular flexibility index (Phi) is 25.0. The van der Waals surface area contributed by atoms with Crippen molar-refractivity contribution in [3.05, 3.63) is 0 Å². The van der Waals surface area contributed by atoms with Crippen molar-refractivity contribution in [3.8, 4) is 0 Å². The molecule has 0 spiro atoms. The first-order chi connectivity index (χ1) is 13.8. The Morgan fingerprint density at radius 3 is 1.54 bits per heavy atom. The minimum absolute atomic E-state index is 0.0738. The van der Waals surface area contributed by atoms with Crippen LogP contribution in [0.1, 0.15) is 117 Å². The third-order valence-corrected chi connectivity index (χ3v) is 7.04. The molecule has 0 saturated heterocycles. The molecule has 0 atom stereocenters. The van der Waals surface area contributed by atoms with Crippen LogP contribution in [0, 0.1) is 0 Å². The molecule has 2 amide bonds. The SMILES string of the molecule is CCCCCCCCCCCCCCCCCCSCCSNC(=O)NCC. The van der Waals surface area contributed by atoms with E-state index < -0.39 is 0 Å². The van der Waals surface area contributed by atoms with E-state index in [4.69, 9.17) is 0 Å². The monoisotopic (exact) mass is 432 g/mol. The number of rotatable bonds is 22.